The van der Waals surface area contributed by atoms with Crippen molar-refractivity contribution < 1.29 is 8.83 Å². The van der Waals surface area contributed by atoms with E-state index in [0.717, 1.165) is 82.7 Å². The molecule has 0 aliphatic heterocycles. The van der Waals surface area contributed by atoms with Crippen LogP contribution in [0.1, 0.15) is 29.3 Å². The summed E-state index contributed by atoms with van der Waals surface area (Å²) < 4.78 is 15.3. The van der Waals surface area contributed by atoms with Crippen LogP contribution in [0, 0.1) is 0 Å². The molecule has 4 aromatic heterocycles. The van der Waals surface area contributed by atoms with Crippen molar-refractivity contribution in [1.29, 1.82) is 0 Å². The second-order valence-electron chi connectivity index (χ2n) is 16.3. The number of fused-ring (bicyclic) bond motifs is 10. The normalized spacial score (nSPS) is 14.5. The van der Waals surface area contributed by atoms with Crippen LogP contribution in [0.4, 0.5) is 0 Å². The van der Waals surface area contributed by atoms with E-state index in [0.29, 0.717) is 23.9 Å². The maximum atomic E-state index is 6.47. The Morgan fingerprint density at radius 3 is 1.78 bits per heavy atom. The number of hydrogen-bond donors (Lipinski definition) is 0. The van der Waals surface area contributed by atoms with Gasteiger partial charge in [-0.3, -0.25) is 0 Å². The van der Waals surface area contributed by atoms with Crippen molar-refractivity contribution >= 4 is 82.5 Å². The number of furan rings is 2. The van der Waals surface area contributed by atoms with Gasteiger partial charge in [0.15, 0.2) is 17.5 Å². The Bertz CT molecular complexity index is 3820. The zero-order chi connectivity index (χ0) is 41.4. The summed E-state index contributed by atoms with van der Waals surface area (Å²) in [6.07, 6.45) is 2.98. The molecule has 0 spiro atoms. The van der Waals surface area contributed by atoms with Crippen LogP contribution in [0.3, 0.4) is 0 Å². The summed E-state index contributed by atoms with van der Waals surface area (Å²) in [5.74, 6) is 1.77. The Balaban J connectivity index is 1.10. The van der Waals surface area contributed by atoms with E-state index in [1.807, 2.05) is 42.5 Å². The van der Waals surface area contributed by atoms with Gasteiger partial charge in [0.25, 0.3) is 0 Å². The van der Waals surface area contributed by atoms with Crippen LogP contribution in [-0.2, 0) is 0 Å². The van der Waals surface area contributed by atoms with Crippen molar-refractivity contribution in [1.82, 2.24) is 19.5 Å². The molecular weight excluding hydrogens is 773 g/mol. The van der Waals surface area contributed by atoms with Crippen LogP contribution in [0.25, 0.3) is 105 Å². The Morgan fingerprint density at radius 2 is 1.00 bits per heavy atom. The lowest BCUT2D eigenvalue weighted by atomic mass is 9.80. The summed E-state index contributed by atoms with van der Waals surface area (Å²) in [5.41, 5.74) is 13.1. The molecule has 0 radical (unpaired) electrons. The standard InChI is InChI=1S/C57H36N4O2/c1-4-16-35(17-5-1)44-32-39(57-59-55(37-20-8-3-9-21-37)58-56(60-57)38-28-29-41-40-22-11-14-26-48(40)63-51(41)34-38)33-45(36-18-6-2-7-19-36)54(44)61-46-25-13-10-23-42(46)52-47(61)30-31-50-53(52)43-24-12-15-27-49(43)62-50/h1-32,34,45H,33H2/t45-/m1/s1. The van der Waals surface area contributed by atoms with Gasteiger partial charge in [-0.25, -0.2) is 15.0 Å². The summed E-state index contributed by atoms with van der Waals surface area (Å²) in [7, 11) is 0. The van der Waals surface area contributed by atoms with Gasteiger partial charge in [0, 0.05) is 60.6 Å². The molecule has 0 fully saturated rings. The van der Waals surface area contributed by atoms with Crippen molar-refractivity contribution in [2.75, 3.05) is 0 Å². The zero-order valence-electron chi connectivity index (χ0n) is 33.9. The highest BCUT2D eigenvalue weighted by molar-refractivity contribution is 6.28. The van der Waals surface area contributed by atoms with Crippen LogP contribution in [0.15, 0.2) is 209 Å². The second-order valence-corrected chi connectivity index (χ2v) is 16.3. The van der Waals surface area contributed by atoms with Crippen LogP contribution < -0.4 is 0 Å². The molecule has 0 saturated carbocycles. The van der Waals surface area contributed by atoms with Crippen LogP contribution in [-0.4, -0.2) is 19.5 Å². The number of para-hydroxylation sites is 3. The van der Waals surface area contributed by atoms with Crippen LogP contribution in [0.2, 0.25) is 0 Å². The summed E-state index contributed by atoms with van der Waals surface area (Å²) in [6.45, 7) is 0. The third kappa shape index (κ3) is 5.69. The van der Waals surface area contributed by atoms with E-state index in [-0.39, 0.29) is 5.92 Å². The third-order valence-electron chi connectivity index (χ3n) is 12.6. The van der Waals surface area contributed by atoms with Crippen molar-refractivity contribution in [2.45, 2.75) is 12.3 Å². The number of allylic oxidation sites excluding steroid dienone is 4. The fraction of sp³-hybridized carbons (Fsp3) is 0.0351. The SMILES string of the molecule is C1=C(c2nc(-c3ccccc3)nc(-c3ccc4c(c3)oc3ccccc34)n2)C[C@H](c2ccccc2)C(n2c3ccccc3c3c4c(ccc32)oc2ccccc24)=C1c1ccccc1. The van der Waals surface area contributed by atoms with Gasteiger partial charge < -0.3 is 13.4 Å². The average molecular weight is 809 g/mol. The first kappa shape index (κ1) is 35.4. The number of nitrogens with zero attached hydrogens (tertiary/aromatic N) is 4. The highest BCUT2D eigenvalue weighted by atomic mass is 16.3. The van der Waals surface area contributed by atoms with E-state index in [1.165, 1.54) is 22.0 Å². The van der Waals surface area contributed by atoms with E-state index in [2.05, 4.69) is 162 Å². The van der Waals surface area contributed by atoms with Gasteiger partial charge in [-0.2, -0.15) is 0 Å². The van der Waals surface area contributed by atoms with Crippen molar-refractivity contribution in [2.24, 2.45) is 0 Å². The predicted octanol–water partition coefficient (Wildman–Crippen LogP) is 14.8. The van der Waals surface area contributed by atoms with Gasteiger partial charge in [-0.15, -0.1) is 0 Å². The van der Waals surface area contributed by atoms with Gasteiger partial charge in [-0.1, -0.05) is 152 Å². The van der Waals surface area contributed by atoms with Crippen molar-refractivity contribution in [3.63, 3.8) is 0 Å². The molecule has 4 heterocycles. The number of aromatic nitrogens is 4. The molecule has 13 rings (SSSR count). The Kier molecular flexibility index (Phi) is 7.93. The maximum Gasteiger partial charge on any atom is 0.164 e. The monoisotopic (exact) mass is 808 g/mol. The third-order valence-corrected chi connectivity index (χ3v) is 12.6. The summed E-state index contributed by atoms with van der Waals surface area (Å²) >= 11 is 0. The lowest BCUT2D eigenvalue weighted by Crippen LogP contribution is -2.16. The molecule has 0 bridgehead atoms. The molecule has 0 saturated heterocycles. The quantitative estimate of drug-likeness (QED) is 0.167. The highest BCUT2D eigenvalue weighted by Gasteiger charge is 2.32. The minimum Gasteiger partial charge on any atom is -0.456 e. The van der Waals surface area contributed by atoms with E-state index in [4.69, 9.17) is 23.8 Å². The molecule has 1 aliphatic carbocycles. The van der Waals surface area contributed by atoms with Crippen LogP contribution >= 0.6 is 0 Å². The molecule has 6 nitrogen and oxygen atoms in total. The fourth-order valence-corrected chi connectivity index (χ4v) is 9.82. The first-order chi connectivity index (χ1) is 31.2. The molecule has 0 unspecified atom stereocenters. The fourth-order valence-electron chi connectivity index (χ4n) is 9.82. The molecule has 1 atom stereocenters. The van der Waals surface area contributed by atoms with Gasteiger partial charge in [0.05, 0.1) is 11.0 Å². The van der Waals surface area contributed by atoms with E-state index in [1.54, 1.807) is 0 Å². The minimum atomic E-state index is -0.0792. The largest absolute Gasteiger partial charge is 0.456 e. The maximum absolute atomic E-state index is 6.47. The summed E-state index contributed by atoms with van der Waals surface area (Å²) in [6, 6.07) is 67.7. The molecule has 296 valence electrons. The second kappa shape index (κ2) is 14.1. The molecule has 12 aromatic rings. The van der Waals surface area contributed by atoms with E-state index >= 15 is 0 Å². The highest BCUT2D eigenvalue weighted by Crippen LogP contribution is 2.50. The van der Waals surface area contributed by atoms with Gasteiger partial charge in [0.2, 0.25) is 0 Å². The smallest absolute Gasteiger partial charge is 0.164 e. The predicted molar refractivity (Wildman–Crippen MR) is 256 cm³/mol. The number of rotatable bonds is 6. The minimum absolute atomic E-state index is 0.0792. The van der Waals surface area contributed by atoms with Crippen molar-refractivity contribution in [3.8, 4) is 22.8 Å². The molecule has 63 heavy (non-hydrogen) atoms. The topological polar surface area (TPSA) is 69.9 Å². The molecular formula is C57H36N4O2. The summed E-state index contributed by atoms with van der Waals surface area (Å²) in [5, 5.41) is 6.76. The number of hydrogen-bond acceptors (Lipinski definition) is 5. The lowest BCUT2D eigenvalue weighted by Gasteiger charge is -2.31. The first-order valence-corrected chi connectivity index (χ1v) is 21.4. The average Bonchev–Trinajstić information content (AvgIpc) is 4.03. The Morgan fingerprint density at radius 1 is 0.413 bits per heavy atom. The molecule has 8 aromatic carbocycles. The Hall–Kier alpha value is -8.35. The number of benzene rings is 8. The van der Waals surface area contributed by atoms with E-state index < -0.39 is 0 Å². The first-order valence-electron chi connectivity index (χ1n) is 21.4. The molecule has 6 heteroatoms. The summed E-state index contributed by atoms with van der Waals surface area (Å²) in [4.78, 5) is 15.8. The molecule has 1 aliphatic rings. The van der Waals surface area contributed by atoms with E-state index in [9.17, 15) is 0 Å². The Labute approximate surface area is 361 Å². The van der Waals surface area contributed by atoms with Gasteiger partial charge in [0.1, 0.15) is 22.3 Å². The van der Waals surface area contributed by atoms with Gasteiger partial charge in [-0.05, 0) is 71.7 Å². The van der Waals surface area contributed by atoms with Gasteiger partial charge >= 0.3 is 0 Å². The molecule has 0 N–H and O–H groups in total. The van der Waals surface area contributed by atoms with Crippen LogP contribution in [0.5, 0.6) is 0 Å². The molecule has 0 amide bonds. The van der Waals surface area contributed by atoms with Crippen molar-refractivity contribution in [3.05, 3.63) is 217 Å². The lowest BCUT2D eigenvalue weighted by molar-refractivity contribution is 0.668. The zero-order valence-corrected chi connectivity index (χ0v) is 33.9.